The number of carbonyl (C=O) groups excluding carboxylic acids is 1. The highest BCUT2D eigenvalue weighted by molar-refractivity contribution is 5.69. The second kappa shape index (κ2) is 14.3. The Bertz CT molecular complexity index is 209. The highest BCUT2D eigenvalue weighted by Crippen LogP contribution is 2.07. The molecule has 0 rings (SSSR count). The number of esters is 1. The minimum Gasteiger partial charge on any atom is -0.466 e. The van der Waals surface area contributed by atoms with E-state index < -0.39 is 0 Å². The van der Waals surface area contributed by atoms with Crippen molar-refractivity contribution in [3.8, 4) is 0 Å². The molecule has 0 aliphatic heterocycles. The standard InChI is InChI=1S/C16H30O2/c1-3-5-7-9-10-12-14-16(17)18-15-13-11-8-6-4-2/h4,6H,3,5,7-15H2,1-2H3/b6-4+. The lowest BCUT2D eigenvalue weighted by Crippen LogP contribution is -2.05. The zero-order chi connectivity index (χ0) is 13.5. The molecule has 0 amide bonds. The number of hydrogen-bond donors (Lipinski definition) is 0. The van der Waals surface area contributed by atoms with E-state index in [1.807, 2.05) is 6.92 Å². The third-order valence-corrected chi connectivity index (χ3v) is 3.00. The fourth-order valence-electron chi connectivity index (χ4n) is 1.84. The molecular formula is C16H30O2. The molecule has 0 radical (unpaired) electrons. The summed E-state index contributed by atoms with van der Waals surface area (Å²) in [5.41, 5.74) is 0. The summed E-state index contributed by atoms with van der Waals surface area (Å²) < 4.78 is 5.19. The van der Waals surface area contributed by atoms with E-state index in [0.717, 1.165) is 32.1 Å². The third-order valence-electron chi connectivity index (χ3n) is 3.00. The predicted octanol–water partition coefficient (Wildman–Crippen LogP) is 5.03. The SMILES string of the molecule is C/C=C/CCCCOC(=O)CCCCCCCC. The topological polar surface area (TPSA) is 26.3 Å². The number of rotatable bonds is 12. The molecule has 0 fully saturated rings. The first-order chi connectivity index (χ1) is 8.81. The van der Waals surface area contributed by atoms with Gasteiger partial charge in [-0.1, -0.05) is 51.2 Å². The largest absolute Gasteiger partial charge is 0.466 e. The van der Waals surface area contributed by atoms with Crippen LogP contribution in [0.1, 0.15) is 78.1 Å². The van der Waals surface area contributed by atoms with E-state index in [1.165, 1.54) is 25.7 Å². The molecule has 2 heteroatoms. The van der Waals surface area contributed by atoms with Crippen LogP contribution >= 0.6 is 0 Å². The van der Waals surface area contributed by atoms with Crippen LogP contribution < -0.4 is 0 Å². The lowest BCUT2D eigenvalue weighted by Gasteiger charge is -2.04. The van der Waals surface area contributed by atoms with Crippen LogP contribution in [0.2, 0.25) is 0 Å². The zero-order valence-corrected chi connectivity index (χ0v) is 12.2. The maximum Gasteiger partial charge on any atom is 0.305 e. The lowest BCUT2D eigenvalue weighted by molar-refractivity contribution is -0.143. The van der Waals surface area contributed by atoms with Crippen LogP contribution in [0.5, 0.6) is 0 Å². The molecule has 106 valence electrons. The van der Waals surface area contributed by atoms with Crippen molar-refractivity contribution in [1.82, 2.24) is 0 Å². The molecule has 0 aromatic heterocycles. The third kappa shape index (κ3) is 13.3. The molecule has 0 saturated carbocycles. The molecular weight excluding hydrogens is 224 g/mol. The molecule has 0 aromatic carbocycles. The van der Waals surface area contributed by atoms with Gasteiger partial charge in [0.2, 0.25) is 0 Å². The number of allylic oxidation sites excluding steroid dienone is 2. The summed E-state index contributed by atoms with van der Waals surface area (Å²) in [5, 5.41) is 0. The van der Waals surface area contributed by atoms with Crippen molar-refractivity contribution in [2.24, 2.45) is 0 Å². The van der Waals surface area contributed by atoms with Gasteiger partial charge in [0.05, 0.1) is 6.61 Å². The fraction of sp³-hybridized carbons (Fsp3) is 0.812. The van der Waals surface area contributed by atoms with Gasteiger partial charge in [-0.25, -0.2) is 0 Å². The monoisotopic (exact) mass is 254 g/mol. The van der Waals surface area contributed by atoms with Crippen molar-refractivity contribution < 1.29 is 9.53 Å². The molecule has 0 atom stereocenters. The van der Waals surface area contributed by atoms with E-state index in [-0.39, 0.29) is 5.97 Å². The lowest BCUT2D eigenvalue weighted by atomic mass is 10.1. The Morgan fingerprint density at radius 1 is 1.00 bits per heavy atom. The number of hydrogen-bond acceptors (Lipinski definition) is 2. The molecule has 0 N–H and O–H groups in total. The van der Waals surface area contributed by atoms with E-state index in [2.05, 4.69) is 19.1 Å². The van der Waals surface area contributed by atoms with Gasteiger partial charge in [-0.3, -0.25) is 4.79 Å². The first-order valence-corrected chi connectivity index (χ1v) is 7.58. The highest BCUT2D eigenvalue weighted by atomic mass is 16.5. The summed E-state index contributed by atoms with van der Waals surface area (Å²) in [5.74, 6) is -0.0171. The summed E-state index contributed by atoms with van der Waals surface area (Å²) in [6.45, 7) is 4.83. The Hall–Kier alpha value is -0.790. The number of unbranched alkanes of at least 4 members (excludes halogenated alkanes) is 7. The number of ether oxygens (including phenoxy) is 1. The minimum absolute atomic E-state index is 0.0171. The Balaban J connectivity index is 3.17. The van der Waals surface area contributed by atoms with Gasteiger partial charge in [0.15, 0.2) is 0 Å². The van der Waals surface area contributed by atoms with Crippen LogP contribution in [0, 0.1) is 0 Å². The van der Waals surface area contributed by atoms with Gasteiger partial charge in [-0.15, -0.1) is 0 Å². The molecule has 0 heterocycles. The van der Waals surface area contributed by atoms with Crippen molar-refractivity contribution in [2.75, 3.05) is 6.61 Å². The molecule has 0 bridgehead atoms. The van der Waals surface area contributed by atoms with E-state index in [9.17, 15) is 4.79 Å². The summed E-state index contributed by atoms with van der Waals surface area (Å²) in [7, 11) is 0. The van der Waals surface area contributed by atoms with Crippen molar-refractivity contribution in [3.05, 3.63) is 12.2 Å². The summed E-state index contributed by atoms with van der Waals surface area (Å²) >= 11 is 0. The van der Waals surface area contributed by atoms with Gasteiger partial charge in [-0.2, -0.15) is 0 Å². The second-order valence-corrected chi connectivity index (χ2v) is 4.80. The Kier molecular flexibility index (Phi) is 13.6. The average Bonchev–Trinajstić information content (AvgIpc) is 2.38. The average molecular weight is 254 g/mol. The first kappa shape index (κ1) is 17.2. The first-order valence-electron chi connectivity index (χ1n) is 7.58. The van der Waals surface area contributed by atoms with Gasteiger partial charge < -0.3 is 4.74 Å². The quantitative estimate of drug-likeness (QED) is 0.277. The normalized spacial score (nSPS) is 11.0. The van der Waals surface area contributed by atoms with Crippen LogP contribution in [-0.4, -0.2) is 12.6 Å². The van der Waals surface area contributed by atoms with Crippen LogP contribution in [0.3, 0.4) is 0 Å². The molecule has 0 spiro atoms. The molecule has 0 aromatic rings. The van der Waals surface area contributed by atoms with Crippen LogP contribution in [-0.2, 0) is 9.53 Å². The van der Waals surface area contributed by atoms with E-state index in [4.69, 9.17) is 4.74 Å². The zero-order valence-electron chi connectivity index (χ0n) is 12.2. The van der Waals surface area contributed by atoms with Gasteiger partial charge in [0, 0.05) is 6.42 Å². The van der Waals surface area contributed by atoms with Gasteiger partial charge >= 0.3 is 5.97 Å². The van der Waals surface area contributed by atoms with Gasteiger partial charge in [-0.05, 0) is 32.6 Å². The van der Waals surface area contributed by atoms with Crippen LogP contribution in [0.25, 0.3) is 0 Å². The Morgan fingerprint density at radius 3 is 2.44 bits per heavy atom. The smallest absolute Gasteiger partial charge is 0.305 e. The van der Waals surface area contributed by atoms with Crippen LogP contribution in [0.4, 0.5) is 0 Å². The van der Waals surface area contributed by atoms with E-state index in [0.29, 0.717) is 13.0 Å². The molecule has 0 unspecified atom stereocenters. The Labute approximate surface area is 113 Å². The van der Waals surface area contributed by atoms with E-state index in [1.54, 1.807) is 0 Å². The van der Waals surface area contributed by atoms with Crippen molar-refractivity contribution in [3.63, 3.8) is 0 Å². The van der Waals surface area contributed by atoms with Gasteiger partial charge in [0.1, 0.15) is 0 Å². The van der Waals surface area contributed by atoms with Crippen molar-refractivity contribution in [1.29, 1.82) is 0 Å². The molecule has 18 heavy (non-hydrogen) atoms. The van der Waals surface area contributed by atoms with Crippen LogP contribution in [0.15, 0.2) is 12.2 Å². The van der Waals surface area contributed by atoms with Crippen molar-refractivity contribution in [2.45, 2.75) is 78.1 Å². The summed E-state index contributed by atoms with van der Waals surface area (Å²) in [6, 6.07) is 0. The Morgan fingerprint density at radius 2 is 1.72 bits per heavy atom. The minimum atomic E-state index is -0.0171. The summed E-state index contributed by atoms with van der Waals surface area (Å²) in [4.78, 5) is 11.4. The molecule has 0 aliphatic carbocycles. The van der Waals surface area contributed by atoms with Gasteiger partial charge in [0.25, 0.3) is 0 Å². The second-order valence-electron chi connectivity index (χ2n) is 4.80. The fourth-order valence-corrected chi connectivity index (χ4v) is 1.84. The van der Waals surface area contributed by atoms with Crippen molar-refractivity contribution >= 4 is 5.97 Å². The van der Waals surface area contributed by atoms with E-state index >= 15 is 0 Å². The molecule has 0 aliphatic rings. The maximum absolute atomic E-state index is 11.4. The molecule has 0 saturated heterocycles. The molecule has 2 nitrogen and oxygen atoms in total. The highest BCUT2D eigenvalue weighted by Gasteiger charge is 2.01. The number of carbonyl (C=O) groups is 1. The maximum atomic E-state index is 11.4. The predicted molar refractivity (Wildman–Crippen MR) is 77.6 cm³/mol. The summed E-state index contributed by atoms with van der Waals surface area (Å²) in [6.07, 6.45) is 15.3.